The van der Waals surface area contributed by atoms with Gasteiger partial charge in [-0.15, -0.1) is 6.58 Å². The Kier molecular flexibility index (Phi) is 5.83. The van der Waals surface area contributed by atoms with Gasteiger partial charge >= 0.3 is 5.97 Å². The van der Waals surface area contributed by atoms with Gasteiger partial charge in [0, 0.05) is 37.6 Å². The first-order valence-corrected chi connectivity index (χ1v) is 10.3. The van der Waals surface area contributed by atoms with Crippen LogP contribution in [-0.4, -0.2) is 59.2 Å². The predicted octanol–water partition coefficient (Wildman–Crippen LogP) is 2.71. The van der Waals surface area contributed by atoms with Crippen molar-refractivity contribution < 1.29 is 19.2 Å². The van der Waals surface area contributed by atoms with Crippen molar-refractivity contribution in [1.29, 1.82) is 0 Å². The summed E-state index contributed by atoms with van der Waals surface area (Å²) in [4.78, 5) is 37.6. The van der Waals surface area contributed by atoms with Crippen LogP contribution in [0.15, 0.2) is 49.2 Å². The quantitative estimate of drug-likeness (QED) is 0.540. The number of carbonyl (C=O) groups excluding carboxylic acids is 2. The Hall–Kier alpha value is -2.77. The van der Waals surface area contributed by atoms with Crippen molar-refractivity contribution >= 4 is 22.8 Å². The molecule has 1 spiro atoms. The lowest BCUT2D eigenvalue weighted by Crippen LogP contribution is -2.57. The van der Waals surface area contributed by atoms with E-state index in [1.807, 2.05) is 18.2 Å². The number of hydrogen-bond acceptors (Lipinski definition) is 6. The summed E-state index contributed by atoms with van der Waals surface area (Å²) in [6, 6.07) is 10.2. The van der Waals surface area contributed by atoms with E-state index >= 15 is 0 Å². The summed E-state index contributed by atoms with van der Waals surface area (Å²) < 4.78 is 5.02. The number of amides is 1. The average Bonchev–Trinajstić information content (AvgIpc) is 3.04. The van der Waals surface area contributed by atoms with Crippen molar-refractivity contribution in [2.45, 2.75) is 31.3 Å². The monoisotopic (exact) mass is 409 g/mol. The summed E-state index contributed by atoms with van der Waals surface area (Å²) in [5.41, 5.74) is 1.55. The third-order valence-electron chi connectivity index (χ3n) is 6.32. The van der Waals surface area contributed by atoms with Gasteiger partial charge in [0.05, 0.1) is 30.7 Å². The molecule has 1 unspecified atom stereocenters. The summed E-state index contributed by atoms with van der Waals surface area (Å²) in [5, 5.41) is 2.59. The van der Waals surface area contributed by atoms with E-state index in [2.05, 4.69) is 28.6 Å². The van der Waals surface area contributed by atoms with Crippen LogP contribution in [0.2, 0.25) is 0 Å². The molecule has 2 saturated heterocycles. The minimum absolute atomic E-state index is 0.124. The Morgan fingerprint density at radius 3 is 2.83 bits per heavy atom. The molecule has 7 nitrogen and oxygen atoms in total. The van der Waals surface area contributed by atoms with Crippen LogP contribution in [-0.2, 0) is 25.7 Å². The topological polar surface area (TPSA) is 72.0 Å². The van der Waals surface area contributed by atoms with Crippen LogP contribution in [0.25, 0.3) is 10.9 Å². The second-order valence-corrected chi connectivity index (χ2v) is 7.92. The molecule has 30 heavy (non-hydrogen) atoms. The van der Waals surface area contributed by atoms with Gasteiger partial charge in [-0.05, 0) is 30.5 Å². The third-order valence-corrected chi connectivity index (χ3v) is 6.32. The Balaban J connectivity index is 1.53. The second kappa shape index (κ2) is 8.53. The Morgan fingerprint density at radius 1 is 1.30 bits per heavy atom. The number of carbonyl (C=O) groups is 2. The molecule has 0 aliphatic carbocycles. The van der Waals surface area contributed by atoms with E-state index in [1.165, 1.54) is 17.7 Å². The molecule has 2 aliphatic heterocycles. The number of ether oxygens (including phenoxy) is 1. The first-order chi connectivity index (χ1) is 14.6. The van der Waals surface area contributed by atoms with E-state index in [0.717, 1.165) is 30.5 Å². The Morgan fingerprint density at radius 2 is 2.10 bits per heavy atom. The highest BCUT2D eigenvalue weighted by molar-refractivity contribution is 5.88. The Labute approximate surface area is 176 Å². The fraction of sp³-hybridized carbons (Fsp3) is 0.435. The number of likely N-dealkylation sites (tertiary alicyclic amines) is 1. The van der Waals surface area contributed by atoms with Crippen LogP contribution in [0.1, 0.15) is 24.8 Å². The predicted molar refractivity (Wildman–Crippen MR) is 112 cm³/mol. The number of piperidine rings is 1. The lowest BCUT2D eigenvalue weighted by molar-refractivity contribution is -0.218. The number of aromatic nitrogens is 1. The van der Waals surface area contributed by atoms with Crippen LogP contribution >= 0.6 is 0 Å². The number of hydroxylamine groups is 2. The number of hydrogen-bond donors (Lipinski definition) is 0. The number of benzene rings is 1. The van der Waals surface area contributed by atoms with Gasteiger partial charge in [-0.1, -0.05) is 24.3 Å². The molecule has 1 aromatic heterocycles. The molecular weight excluding hydrogens is 382 g/mol. The molecule has 1 atom stereocenters. The van der Waals surface area contributed by atoms with Crippen molar-refractivity contribution in [3.05, 3.63) is 54.7 Å². The van der Waals surface area contributed by atoms with Crippen LogP contribution in [0.5, 0.6) is 0 Å². The molecule has 1 aromatic carbocycles. The van der Waals surface area contributed by atoms with Gasteiger partial charge in [0.25, 0.3) is 0 Å². The lowest BCUT2D eigenvalue weighted by Gasteiger charge is -2.45. The number of rotatable bonds is 6. The SMILES string of the molecule is C=CCON1C(=O)CC(C(=O)OC)C12CCN(Cc1cccc3ncccc13)CC2. The van der Waals surface area contributed by atoms with Crippen molar-refractivity contribution in [2.75, 3.05) is 26.8 Å². The molecule has 4 rings (SSSR count). The zero-order chi connectivity index (χ0) is 21.1. The van der Waals surface area contributed by atoms with E-state index in [-0.39, 0.29) is 24.9 Å². The minimum atomic E-state index is -0.663. The number of fused-ring (bicyclic) bond motifs is 1. The summed E-state index contributed by atoms with van der Waals surface area (Å²) in [5.74, 6) is -1.02. The zero-order valence-electron chi connectivity index (χ0n) is 17.3. The van der Waals surface area contributed by atoms with E-state index < -0.39 is 11.5 Å². The fourth-order valence-electron chi connectivity index (χ4n) is 4.81. The van der Waals surface area contributed by atoms with Gasteiger partial charge in [-0.2, -0.15) is 0 Å². The van der Waals surface area contributed by atoms with Gasteiger partial charge in [0.1, 0.15) is 0 Å². The number of methoxy groups -OCH3 is 1. The molecular formula is C23H27N3O4. The fourth-order valence-corrected chi connectivity index (χ4v) is 4.81. The van der Waals surface area contributed by atoms with Crippen LogP contribution in [0.4, 0.5) is 0 Å². The molecule has 3 heterocycles. The minimum Gasteiger partial charge on any atom is -0.469 e. The van der Waals surface area contributed by atoms with Crippen molar-refractivity contribution in [2.24, 2.45) is 5.92 Å². The first-order valence-electron chi connectivity index (χ1n) is 10.3. The molecule has 0 saturated carbocycles. The van der Waals surface area contributed by atoms with Crippen LogP contribution in [0.3, 0.4) is 0 Å². The van der Waals surface area contributed by atoms with E-state index in [9.17, 15) is 9.59 Å². The van der Waals surface area contributed by atoms with Gasteiger partial charge in [0.15, 0.2) is 0 Å². The molecule has 7 heteroatoms. The van der Waals surface area contributed by atoms with Gasteiger partial charge in [-0.25, -0.2) is 5.06 Å². The van der Waals surface area contributed by atoms with Gasteiger partial charge < -0.3 is 4.74 Å². The maximum Gasteiger partial charge on any atom is 0.311 e. The molecule has 0 radical (unpaired) electrons. The summed E-state index contributed by atoms with van der Waals surface area (Å²) in [7, 11) is 1.37. The maximum absolute atomic E-state index is 12.6. The van der Waals surface area contributed by atoms with E-state index in [0.29, 0.717) is 12.8 Å². The van der Waals surface area contributed by atoms with Crippen molar-refractivity contribution in [3.63, 3.8) is 0 Å². The van der Waals surface area contributed by atoms with Crippen LogP contribution in [0, 0.1) is 5.92 Å². The summed E-state index contributed by atoms with van der Waals surface area (Å²) in [6.45, 7) is 6.20. The second-order valence-electron chi connectivity index (χ2n) is 7.92. The third kappa shape index (κ3) is 3.59. The van der Waals surface area contributed by atoms with E-state index in [1.54, 1.807) is 12.3 Å². The highest BCUT2D eigenvalue weighted by Gasteiger charge is 2.58. The van der Waals surface area contributed by atoms with Gasteiger partial charge in [-0.3, -0.25) is 24.3 Å². The highest BCUT2D eigenvalue weighted by atomic mass is 16.7. The maximum atomic E-state index is 12.6. The summed E-state index contributed by atoms with van der Waals surface area (Å²) >= 11 is 0. The highest BCUT2D eigenvalue weighted by Crippen LogP contribution is 2.44. The van der Waals surface area contributed by atoms with E-state index in [4.69, 9.17) is 9.57 Å². The number of nitrogens with zero attached hydrogens (tertiary/aromatic N) is 3. The standard InChI is InChI=1S/C23H27N3O4/c1-3-14-30-26-21(27)15-19(22(28)29-2)23(26)9-12-25(13-10-23)16-17-6-4-8-20-18(17)7-5-11-24-20/h3-8,11,19H,1,9-10,12-16H2,2H3. The smallest absolute Gasteiger partial charge is 0.311 e. The normalized spacial score (nSPS) is 21.3. The lowest BCUT2D eigenvalue weighted by atomic mass is 9.77. The zero-order valence-corrected chi connectivity index (χ0v) is 17.3. The first kappa shape index (κ1) is 20.5. The number of esters is 1. The van der Waals surface area contributed by atoms with Gasteiger partial charge in [0.2, 0.25) is 5.91 Å². The molecule has 2 aromatic rings. The molecule has 2 fully saturated rings. The summed E-state index contributed by atoms with van der Waals surface area (Å²) in [6.07, 6.45) is 4.84. The van der Waals surface area contributed by atoms with Crippen molar-refractivity contribution in [1.82, 2.24) is 14.9 Å². The molecule has 0 bridgehead atoms. The largest absolute Gasteiger partial charge is 0.469 e. The Bertz CT molecular complexity index is 947. The average molecular weight is 409 g/mol. The molecule has 1 amide bonds. The van der Waals surface area contributed by atoms with Crippen LogP contribution < -0.4 is 0 Å². The number of pyridine rings is 1. The molecule has 0 N–H and O–H groups in total. The molecule has 2 aliphatic rings. The van der Waals surface area contributed by atoms with Crippen molar-refractivity contribution in [3.8, 4) is 0 Å². The molecule has 158 valence electrons.